The summed E-state index contributed by atoms with van der Waals surface area (Å²) in [5.74, 6) is -1.28. The maximum absolute atomic E-state index is 13.5. The Balaban J connectivity index is 0.00000361. The van der Waals surface area contributed by atoms with Gasteiger partial charge in [0.1, 0.15) is 0 Å². The number of nitrogens with zero attached hydrogens (tertiary/aromatic N) is 1. The SMILES string of the molecule is COc1ccc(N(C)C(=O)CNC(=O)CN)cc1F.Cl. The quantitative estimate of drug-likeness (QED) is 0.819. The van der Waals surface area contributed by atoms with Crippen LogP contribution in [0.3, 0.4) is 0 Å². The van der Waals surface area contributed by atoms with Crippen LogP contribution in [-0.4, -0.2) is 39.1 Å². The molecule has 1 rings (SSSR count). The second kappa shape index (κ2) is 8.34. The minimum Gasteiger partial charge on any atom is -0.494 e. The van der Waals surface area contributed by atoms with Crippen LogP contribution in [0.4, 0.5) is 10.1 Å². The molecule has 0 unspecified atom stereocenters. The van der Waals surface area contributed by atoms with Crippen LogP contribution in [0.25, 0.3) is 0 Å². The molecular formula is C12H17ClFN3O3. The number of carbonyl (C=O) groups is 2. The molecule has 20 heavy (non-hydrogen) atoms. The zero-order valence-electron chi connectivity index (χ0n) is 11.2. The van der Waals surface area contributed by atoms with Gasteiger partial charge in [-0.15, -0.1) is 12.4 Å². The fraction of sp³-hybridized carbons (Fsp3) is 0.333. The summed E-state index contributed by atoms with van der Waals surface area (Å²) in [7, 11) is 2.84. The van der Waals surface area contributed by atoms with E-state index in [1.807, 2.05) is 0 Å². The van der Waals surface area contributed by atoms with Gasteiger partial charge in [0.2, 0.25) is 11.8 Å². The highest BCUT2D eigenvalue weighted by molar-refractivity contribution is 5.96. The molecule has 0 saturated carbocycles. The number of nitrogens with two attached hydrogens (primary N) is 1. The number of amides is 2. The van der Waals surface area contributed by atoms with Crippen LogP contribution >= 0.6 is 12.4 Å². The van der Waals surface area contributed by atoms with Crippen molar-refractivity contribution in [1.82, 2.24) is 5.32 Å². The van der Waals surface area contributed by atoms with Crippen molar-refractivity contribution in [3.63, 3.8) is 0 Å². The largest absolute Gasteiger partial charge is 0.494 e. The summed E-state index contributed by atoms with van der Waals surface area (Å²) >= 11 is 0. The Morgan fingerprint density at radius 2 is 2.10 bits per heavy atom. The number of nitrogens with one attached hydrogen (secondary N) is 1. The predicted molar refractivity (Wildman–Crippen MR) is 75.7 cm³/mol. The average Bonchev–Trinajstić information content (AvgIpc) is 2.43. The first-order chi connectivity index (χ1) is 8.99. The highest BCUT2D eigenvalue weighted by Gasteiger charge is 2.13. The fourth-order valence-electron chi connectivity index (χ4n) is 1.37. The highest BCUT2D eigenvalue weighted by atomic mass is 35.5. The molecule has 0 aliphatic carbocycles. The van der Waals surface area contributed by atoms with Gasteiger partial charge >= 0.3 is 0 Å². The summed E-state index contributed by atoms with van der Waals surface area (Å²) in [5.41, 5.74) is 5.46. The molecule has 0 saturated heterocycles. The summed E-state index contributed by atoms with van der Waals surface area (Å²) < 4.78 is 18.3. The average molecular weight is 306 g/mol. The first kappa shape index (κ1) is 18.1. The Morgan fingerprint density at radius 1 is 1.45 bits per heavy atom. The number of hydrogen-bond donors (Lipinski definition) is 2. The van der Waals surface area contributed by atoms with Gasteiger partial charge in [-0.25, -0.2) is 4.39 Å². The van der Waals surface area contributed by atoms with E-state index in [9.17, 15) is 14.0 Å². The third kappa shape index (κ3) is 4.67. The van der Waals surface area contributed by atoms with Crippen molar-refractivity contribution < 1.29 is 18.7 Å². The van der Waals surface area contributed by atoms with Gasteiger partial charge in [-0.05, 0) is 12.1 Å². The molecule has 112 valence electrons. The second-order valence-corrected chi connectivity index (χ2v) is 3.75. The summed E-state index contributed by atoms with van der Waals surface area (Å²) in [4.78, 5) is 23.9. The maximum Gasteiger partial charge on any atom is 0.246 e. The Morgan fingerprint density at radius 3 is 2.60 bits per heavy atom. The minimum absolute atomic E-state index is 0. The van der Waals surface area contributed by atoms with E-state index in [0.29, 0.717) is 5.69 Å². The highest BCUT2D eigenvalue weighted by Crippen LogP contribution is 2.22. The van der Waals surface area contributed by atoms with E-state index in [1.54, 1.807) is 6.07 Å². The van der Waals surface area contributed by atoms with E-state index in [2.05, 4.69) is 5.32 Å². The molecule has 0 heterocycles. The number of methoxy groups -OCH3 is 1. The second-order valence-electron chi connectivity index (χ2n) is 3.75. The Hall–Kier alpha value is -1.86. The molecule has 6 nitrogen and oxygen atoms in total. The van der Waals surface area contributed by atoms with Gasteiger partial charge in [-0.1, -0.05) is 0 Å². The standard InChI is InChI=1S/C12H16FN3O3.ClH/c1-16(12(18)7-15-11(17)6-14)8-3-4-10(19-2)9(13)5-8;/h3-5H,6-7,14H2,1-2H3,(H,15,17);1H. The van der Waals surface area contributed by atoms with Crippen molar-refractivity contribution in [1.29, 1.82) is 0 Å². The van der Waals surface area contributed by atoms with Crippen LogP contribution in [0.15, 0.2) is 18.2 Å². The lowest BCUT2D eigenvalue weighted by Gasteiger charge is -2.18. The third-order valence-corrected chi connectivity index (χ3v) is 2.52. The van der Waals surface area contributed by atoms with Crippen LogP contribution in [0.5, 0.6) is 5.75 Å². The molecule has 8 heteroatoms. The molecule has 0 radical (unpaired) electrons. The van der Waals surface area contributed by atoms with Crippen LogP contribution in [-0.2, 0) is 9.59 Å². The van der Waals surface area contributed by atoms with E-state index in [4.69, 9.17) is 10.5 Å². The van der Waals surface area contributed by atoms with Crippen LogP contribution in [0, 0.1) is 5.82 Å². The van der Waals surface area contributed by atoms with Gasteiger partial charge < -0.3 is 20.7 Å². The number of anilines is 1. The summed E-state index contributed by atoms with van der Waals surface area (Å²) in [6, 6.07) is 4.15. The van der Waals surface area contributed by atoms with Crippen LogP contribution in [0.1, 0.15) is 0 Å². The van der Waals surface area contributed by atoms with E-state index >= 15 is 0 Å². The topological polar surface area (TPSA) is 84.7 Å². The Bertz CT molecular complexity index is 485. The molecule has 0 aliphatic rings. The van der Waals surface area contributed by atoms with Gasteiger partial charge in [-0.3, -0.25) is 9.59 Å². The summed E-state index contributed by atoms with van der Waals surface area (Å²) in [6.45, 7) is -0.381. The Kier molecular flexibility index (Phi) is 7.56. The van der Waals surface area contributed by atoms with E-state index in [1.165, 1.54) is 31.2 Å². The molecule has 0 aliphatic heterocycles. The maximum atomic E-state index is 13.5. The van der Waals surface area contributed by atoms with Gasteiger partial charge in [0.05, 0.1) is 20.2 Å². The number of halogens is 2. The van der Waals surface area contributed by atoms with Crippen molar-refractivity contribution in [2.75, 3.05) is 32.1 Å². The molecule has 0 atom stereocenters. The third-order valence-electron chi connectivity index (χ3n) is 2.52. The lowest BCUT2D eigenvalue weighted by Crippen LogP contribution is -2.40. The summed E-state index contributed by atoms with van der Waals surface area (Å²) in [5, 5.41) is 2.35. The molecule has 1 aromatic carbocycles. The predicted octanol–water partition coefficient (Wildman–Crippen LogP) is 0.294. The smallest absolute Gasteiger partial charge is 0.246 e. The fourth-order valence-corrected chi connectivity index (χ4v) is 1.37. The van der Waals surface area contributed by atoms with Crippen molar-refractivity contribution in [2.24, 2.45) is 5.73 Å². The number of likely N-dealkylation sites (N-methyl/N-ethyl adjacent to an activating group) is 1. The minimum atomic E-state index is -0.564. The van der Waals surface area contributed by atoms with Gasteiger partial charge in [0, 0.05) is 18.8 Å². The first-order valence-electron chi connectivity index (χ1n) is 5.56. The molecule has 0 fully saturated rings. The number of ether oxygens (including phenoxy) is 1. The van der Waals surface area contributed by atoms with Crippen molar-refractivity contribution >= 4 is 29.9 Å². The number of rotatable bonds is 5. The molecule has 3 N–H and O–H groups in total. The molecule has 0 bridgehead atoms. The molecule has 0 spiro atoms. The van der Waals surface area contributed by atoms with Crippen LogP contribution in [0.2, 0.25) is 0 Å². The number of carbonyl (C=O) groups excluding carboxylic acids is 2. The van der Waals surface area contributed by atoms with Crippen molar-refractivity contribution in [3.8, 4) is 5.75 Å². The number of benzene rings is 1. The molecule has 1 aromatic rings. The zero-order valence-corrected chi connectivity index (χ0v) is 12.0. The lowest BCUT2D eigenvalue weighted by atomic mass is 10.2. The van der Waals surface area contributed by atoms with Crippen molar-refractivity contribution in [2.45, 2.75) is 0 Å². The van der Waals surface area contributed by atoms with E-state index < -0.39 is 11.7 Å². The normalized spacial score (nSPS) is 9.40. The zero-order chi connectivity index (χ0) is 14.4. The van der Waals surface area contributed by atoms with Crippen LogP contribution < -0.4 is 20.7 Å². The molecule has 0 aromatic heterocycles. The first-order valence-corrected chi connectivity index (χ1v) is 5.56. The lowest BCUT2D eigenvalue weighted by molar-refractivity contribution is -0.124. The molecular weight excluding hydrogens is 289 g/mol. The van der Waals surface area contributed by atoms with Gasteiger partial charge in [0.25, 0.3) is 0 Å². The van der Waals surface area contributed by atoms with E-state index in [0.717, 1.165) is 0 Å². The monoisotopic (exact) mass is 305 g/mol. The Labute approximate surface area is 122 Å². The van der Waals surface area contributed by atoms with Crippen molar-refractivity contribution in [3.05, 3.63) is 24.0 Å². The van der Waals surface area contributed by atoms with Gasteiger partial charge in [0.15, 0.2) is 11.6 Å². The van der Waals surface area contributed by atoms with E-state index in [-0.39, 0.29) is 37.2 Å². The van der Waals surface area contributed by atoms with Gasteiger partial charge in [-0.2, -0.15) is 0 Å². The molecule has 2 amide bonds. The summed E-state index contributed by atoms with van der Waals surface area (Å²) in [6.07, 6.45) is 0. The number of hydrogen-bond acceptors (Lipinski definition) is 4.